The van der Waals surface area contributed by atoms with E-state index in [2.05, 4.69) is 22.1 Å². The number of ether oxygens (including phenoxy) is 1. The minimum absolute atomic E-state index is 0.0770. The maximum absolute atomic E-state index is 14.0. The van der Waals surface area contributed by atoms with Crippen molar-refractivity contribution in [3.8, 4) is 17.1 Å². The lowest BCUT2D eigenvalue weighted by molar-refractivity contribution is -0.122. The second-order valence-corrected chi connectivity index (χ2v) is 9.66. The zero-order chi connectivity index (χ0) is 24.9. The van der Waals surface area contributed by atoms with E-state index in [4.69, 9.17) is 4.74 Å². The average Bonchev–Trinajstić information content (AvgIpc) is 3.32. The van der Waals surface area contributed by atoms with E-state index in [0.29, 0.717) is 34.7 Å². The summed E-state index contributed by atoms with van der Waals surface area (Å²) in [5, 5.41) is 3.15. The van der Waals surface area contributed by atoms with Gasteiger partial charge in [0.15, 0.2) is 0 Å². The van der Waals surface area contributed by atoms with Crippen LogP contribution in [0.15, 0.2) is 47.3 Å². The third kappa shape index (κ3) is 6.25. The van der Waals surface area contributed by atoms with Crippen LogP contribution in [0.25, 0.3) is 22.3 Å². The molecule has 186 valence electrons. The quantitative estimate of drug-likeness (QED) is 0.504. The van der Waals surface area contributed by atoms with Crippen LogP contribution in [0.5, 0.6) is 5.75 Å². The van der Waals surface area contributed by atoms with Crippen LogP contribution in [0.4, 0.5) is 4.39 Å². The fraction of sp³-hybridized carbons (Fsp3) is 0.444. The summed E-state index contributed by atoms with van der Waals surface area (Å²) < 4.78 is 21.3. The van der Waals surface area contributed by atoms with E-state index in [1.165, 1.54) is 29.5 Å². The van der Waals surface area contributed by atoms with Crippen LogP contribution < -0.4 is 15.6 Å². The summed E-state index contributed by atoms with van der Waals surface area (Å²) in [7, 11) is 0. The Labute approximate surface area is 204 Å². The Morgan fingerprint density at radius 1 is 1.14 bits per heavy atom. The minimum atomic E-state index is -0.443. The summed E-state index contributed by atoms with van der Waals surface area (Å²) in [6.45, 7) is 9.46. The molecule has 1 saturated heterocycles. The molecule has 0 radical (unpaired) electrons. The van der Waals surface area contributed by atoms with Crippen LogP contribution in [0.2, 0.25) is 0 Å². The molecule has 8 heteroatoms. The SMILES string of the molecule is CC(C)NC(=O)Cn1c(-c2cccc(F)c2)nc2ccc(OC[C@@H](C)CN3CCCC3)cc2c1=O. The molecule has 1 aliphatic heterocycles. The molecule has 35 heavy (non-hydrogen) atoms. The lowest BCUT2D eigenvalue weighted by Crippen LogP contribution is -2.37. The van der Waals surface area contributed by atoms with Gasteiger partial charge in [0.2, 0.25) is 5.91 Å². The summed E-state index contributed by atoms with van der Waals surface area (Å²) in [6.07, 6.45) is 2.51. The summed E-state index contributed by atoms with van der Waals surface area (Å²) in [6, 6.07) is 11.0. The van der Waals surface area contributed by atoms with Crippen molar-refractivity contribution in [2.24, 2.45) is 5.92 Å². The van der Waals surface area contributed by atoms with Crippen LogP contribution in [-0.4, -0.2) is 52.6 Å². The predicted molar refractivity (Wildman–Crippen MR) is 135 cm³/mol. The zero-order valence-corrected chi connectivity index (χ0v) is 20.6. The average molecular weight is 481 g/mol. The Morgan fingerprint density at radius 2 is 1.91 bits per heavy atom. The van der Waals surface area contributed by atoms with Crippen LogP contribution in [-0.2, 0) is 11.3 Å². The van der Waals surface area contributed by atoms with Gasteiger partial charge in [-0.05, 0) is 70.1 Å². The number of carbonyl (C=O) groups excluding carboxylic acids is 1. The van der Waals surface area contributed by atoms with Crippen molar-refractivity contribution in [1.82, 2.24) is 19.8 Å². The highest BCUT2D eigenvalue weighted by molar-refractivity contribution is 5.83. The van der Waals surface area contributed by atoms with Gasteiger partial charge in [-0.3, -0.25) is 14.2 Å². The Balaban J connectivity index is 1.65. The number of halogens is 1. The lowest BCUT2D eigenvalue weighted by atomic mass is 10.1. The van der Waals surface area contributed by atoms with Crippen molar-refractivity contribution in [2.45, 2.75) is 46.2 Å². The van der Waals surface area contributed by atoms with Crippen molar-refractivity contribution in [1.29, 1.82) is 0 Å². The summed E-state index contributed by atoms with van der Waals surface area (Å²) >= 11 is 0. The molecule has 1 atom stereocenters. The predicted octanol–water partition coefficient (Wildman–Crippen LogP) is 3.84. The molecule has 0 unspecified atom stereocenters. The third-order valence-corrected chi connectivity index (χ3v) is 6.06. The van der Waals surface area contributed by atoms with E-state index in [1.54, 1.807) is 30.3 Å². The van der Waals surface area contributed by atoms with Gasteiger partial charge in [-0.2, -0.15) is 0 Å². The number of benzene rings is 2. The van der Waals surface area contributed by atoms with E-state index in [0.717, 1.165) is 19.6 Å². The largest absolute Gasteiger partial charge is 0.493 e. The van der Waals surface area contributed by atoms with E-state index in [9.17, 15) is 14.0 Å². The molecular formula is C27H33FN4O3. The van der Waals surface area contributed by atoms with Crippen molar-refractivity contribution in [3.05, 3.63) is 58.6 Å². The maximum Gasteiger partial charge on any atom is 0.262 e. The van der Waals surface area contributed by atoms with E-state index < -0.39 is 5.82 Å². The van der Waals surface area contributed by atoms with E-state index in [-0.39, 0.29) is 29.9 Å². The number of nitrogens with one attached hydrogen (secondary N) is 1. The normalized spacial score (nSPS) is 15.0. The Kier molecular flexibility index (Phi) is 7.80. The second kappa shape index (κ2) is 11.0. The van der Waals surface area contributed by atoms with Gasteiger partial charge in [-0.15, -0.1) is 0 Å². The molecule has 2 aromatic carbocycles. The standard InChI is InChI=1S/C27H33FN4O3/c1-18(2)29-25(33)16-32-26(20-7-6-8-21(28)13-20)30-24-10-9-22(14-23(24)27(32)34)35-17-19(3)15-31-11-4-5-12-31/h6-10,13-14,18-19H,4-5,11-12,15-17H2,1-3H3,(H,29,33)/t19-/m0/s1. The molecule has 7 nitrogen and oxygen atoms in total. The highest BCUT2D eigenvalue weighted by Gasteiger charge is 2.18. The number of nitrogens with zero attached hydrogens (tertiary/aromatic N) is 3. The maximum atomic E-state index is 14.0. The molecule has 1 N–H and O–H groups in total. The number of rotatable bonds is 9. The van der Waals surface area contributed by atoms with Gasteiger partial charge in [0, 0.05) is 24.1 Å². The monoisotopic (exact) mass is 480 g/mol. The number of hydrogen-bond donors (Lipinski definition) is 1. The number of hydrogen-bond acceptors (Lipinski definition) is 5. The second-order valence-electron chi connectivity index (χ2n) is 9.66. The summed E-state index contributed by atoms with van der Waals surface area (Å²) in [5.41, 5.74) is 0.522. The van der Waals surface area contributed by atoms with Gasteiger partial charge in [0.25, 0.3) is 5.56 Å². The number of amides is 1. The van der Waals surface area contributed by atoms with Crippen molar-refractivity contribution >= 4 is 16.8 Å². The smallest absolute Gasteiger partial charge is 0.262 e. The lowest BCUT2D eigenvalue weighted by Gasteiger charge is -2.20. The number of likely N-dealkylation sites (tertiary alicyclic amines) is 1. The van der Waals surface area contributed by atoms with Gasteiger partial charge < -0.3 is 15.0 Å². The highest BCUT2D eigenvalue weighted by Crippen LogP contribution is 2.23. The molecule has 1 aromatic heterocycles. The van der Waals surface area contributed by atoms with Gasteiger partial charge in [0.05, 0.1) is 17.5 Å². The molecule has 4 rings (SSSR count). The number of aromatic nitrogens is 2. The van der Waals surface area contributed by atoms with Gasteiger partial charge in [0.1, 0.15) is 23.9 Å². The molecule has 0 aliphatic carbocycles. The molecule has 0 saturated carbocycles. The zero-order valence-electron chi connectivity index (χ0n) is 20.6. The molecular weight excluding hydrogens is 447 g/mol. The molecule has 1 amide bonds. The Morgan fingerprint density at radius 3 is 2.63 bits per heavy atom. The molecule has 0 spiro atoms. The summed E-state index contributed by atoms with van der Waals surface area (Å²) in [4.78, 5) is 33.2. The Bertz CT molecular complexity index is 1250. The van der Waals surface area contributed by atoms with Crippen molar-refractivity contribution in [2.75, 3.05) is 26.2 Å². The van der Waals surface area contributed by atoms with Crippen LogP contribution in [0.1, 0.15) is 33.6 Å². The fourth-order valence-corrected chi connectivity index (χ4v) is 4.49. The van der Waals surface area contributed by atoms with Gasteiger partial charge in [-0.1, -0.05) is 19.1 Å². The molecule has 2 heterocycles. The molecule has 1 fully saturated rings. The van der Waals surface area contributed by atoms with E-state index >= 15 is 0 Å². The summed E-state index contributed by atoms with van der Waals surface area (Å²) in [5.74, 6) is 0.426. The molecule has 1 aliphatic rings. The van der Waals surface area contributed by atoms with Crippen molar-refractivity contribution in [3.63, 3.8) is 0 Å². The highest BCUT2D eigenvalue weighted by atomic mass is 19.1. The van der Waals surface area contributed by atoms with Crippen LogP contribution in [0, 0.1) is 11.7 Å². The van der Waals surface area contributed by atoms with Crippen LogP contribution in [0.3, 0.4) is 0 Å². The first kappa shape index (κ1) is 24.9. The first-order chi connectivity index (χ1) is 16.8. The molecule has 3 aromatic rings. The van der Waals surface area contributed by atoms with Gasteiger partial charge >= 0.3 is 0 Å². The van der Waals surface area contributed by atoms with E-state index in [1.807, 2.05) is 13.8 Å². The minimum Gasteiger partial charge on any atom is -0.493 e. The number of fused-ring (bicyclic) bond motifs is 1. The topological polar surface area (TPSA) is 76.5 Å². The fourth-order valence-electron chi connectivity index (χ4n) is 4.49. The third-order valence-electron chi connectivity index (χ3n) is 6.06. The molecule has 0 bridgehead atoms. The van der Waals surface area contributed by atoms with Gasteiger partial charge in [-0.25, -0.2) is 9.37 Å². The first-order valence-electron chi connectivity index (χ1n) is 12.2. The number of carbonyl (C=O) groups is 1. The first-order valence-corrected chi connectivity index (χ1v) is 12.2. The van der Waals surface area contributed by atoms with Crippen LogP contribution >= 0.6 is 0 Å². The van der Waals surface area contributed by atoms with Crippen molar-refractivity contribution < 1.29 is 13.9 Å². The Hall–Kier alpha value is -3.26.